The van der Waals surface area contributed by atoms with E-state index in [9.17, 15) is 4.79 Å². The van der Waals surface area contributed by atoms with Gasteiger partial charge in [-0.15, -0.1) is 0 Å². The quantitative estimate of drug-likeness (QED) is 0.724. The minimum Gasteiger partial charge on any atom is -0.490 e. The molecule has 136 valence electrons. The van der Waals surface area contributed by atoms with Crippen LogP contribution >= 0.6 is 11.6 Å². The minimum atomic E-state index is -0.340. The Labute approximate surface area is 160 Å². The Morgan fingerprint density at radius 1 is 1.19 bits per heavy atom. The fourth-order valence-electron chi connectivity index (χ4n) is 2.48. The van der Waals surface area contributed by atoms with Gasteiger partial charge in [0.15, 0.2) is 5.82 Å². The molecule has 0 aliphatic heterocycles. The zero-order valence-electron chi connectivity index (χ0n) is 14.5. The van der Waals surface area contributed by atoms with E-state index in [2.05, 4.69) is 25.3 Å². The molecule has 1 aliphatic carbocycles. The van der Waals surface area contributed by atoms with Crippen molar-refractivity contribution in [1.29, 1.82) is 0 Å². The van der Waals surface area contributed by atoms with Gasteiger partial charge in [0.05, 0.1) is 40.5 Å². The monoisotopic (exact) mass is 381 g/mol. The van der Waals surface area contributed by atoms with E-state index in [-0.39, 0.29) is 5.91 Å². The van der Waals surface area contributed by atoms with E-state index < -0.39 is 0 Å². The lowest BCUT2D eigenvalue weighted by molar-refractivity contribution is 0.102. The van der Waals surface area contributed by atoms with Gasteiger partial charge in [-0.2, -0.15) is 0 Å². The molecule has 0 radical (unpaired) electrons. The summed E-state index contributed by atoms with van der Waals surface area (Å²) in [6.45, 7) is 1.74. The molecule has 1 saturated carbocycles. The summed E-state index contributed by atoms with van der Waals surface area (Å²) in [7, 11) is 0. The summed E-state index contributed by atoms with van der Waals surface area (Å²) in [6, 6.07) is 5.48. The fourth-order valence-corrected chi connectivity index (χ4v) is 2.70. The molecule has 0 bridgehead atoms. The van der Waals surface area contributed by atoms with Crippen molar-refractivity contribution >= 4 is 23.3 Å². The predicted molar refractivity (Wildman–Crippen MR) is 101 cm³/mol. The Morgan fingerprint density at radius 2 is 2.04 bits per heavy atom. The lowest BCUT2D eigenvalue weighted by Crippen LogP contribution is -2.15. The number of aryl methyl sites for hydroxylation is 1. The summed E-state index contributed by atoms with van der Waals surface area (Å²) in [5.74, 6) is 0.747. The highest BCUT2D eigenvalue weighted by Crippen LogP contribution is 2.33. The summed E-state index contributed by atoms with van der Waals surface area (Å²) < 4.78 is 5.80. The van der Waals surface area contributed by atoms with E-state index in [1.54, 1.807) is 19.2 Å². The van der Waals surface area contributed by atoms with Gasteiger partial charge in [0.2, 0.25) is 0 Å². The highest BCUT2D eigenvalue weighted by molar-refractivity contribution is 6.33. The molecule has 0 atom stereocenters. The Morgan fingerprint density at radius 3 is 2.74 bits per heavy atom. The van der Waals surface area contributed by atoms with E-state index in [1.807, 2.05) is 12.1 Å². The third-order valence-corrected chi connectivity index (χ3v) is 4.42. The van der Waals surface area contributed by atoms with Crippen molar-refractivity contribution in [2.24, 2.45) is 0 Å². The van der Waals surface area contributed by atoms with Crippen molar-refractivity contribution in [3.05, 3.63) is 59.4 Å². The van der Waals surface area contributed by atoms with Gasteiger partial charge in [0, 0.05) is 11.8 Å². The molecule has 4 rings (SSSR count). The van der Waals surface area contributed by atoms with Crippen LogP contribution in [0.1, 0.15) is 28.9 Å². The number of benzene rings is 1. The standard InChI is InChI=1S/C19H16ClN5O2/c1-11-15(7-21-10-24-11)19(26)25-18-9-22-17(8-23-18)14-6-13(4-5-16(14)20)27-12-2-3-12/h4-10,12H,2-3H2,1H3,(H,23,25,26). The molecular formula is C19H16ClN5O2. The molecule has 1 aromatic carbocycles. The zero-order chi connectivity index (χ0) is 18.8. The maximum Gasteiger partial charge on any atom is 0.260 e. The maximum absolute atomic E-state index is 12.3. The number of halogens is 1. The summed E-state index contributed by atoms with van der Waals surface area (Å²) in [5, 5.41) is 3.24. The highest BCUT2D eigenvalue weighted by Gasteiger charge is 2.23. The molecule has 27 heavy (non-hydrogen) atoms. The number of nitrogens with one attached hydrogen (secondary N) is 1. The largest absolute Gasteiger partial charge is 0.490 e. The van der Waals surface area contributed by atoms with Crippen LogP contribution in [-0.2, 0) is 0 Å². The molecular weight excluding hydrogens is 366 g/mol. The number of anilines is 1. The van der Waals surface area contributed by atoms with Crippen LogP contribution in [0.25, 0.3) is 11.3 Å². The van der Waals surface area contributed by atoms with Crippen molar-refractivity contribution in [2.75, 3.05) is 5.32 Å². The van der Waals surface area contributed by atoms with Gasteiger partial charge in [-0.3, -0.25) is 9.78 Å². The van der Waals surface area contributed by atoms with Gasteiger partial charge < -0.3 is 10.1 Å². The van der Waals surface area contributed by atoms with Crippen LogP contribution in [0.3, 0.4) is 0 Å². The molecule has 1 amide bonds. The van der Waals surface area contributed by atoms with E-state index in [0.717, 1.165) is 24.2 Å². The number of hydrogen-bond acceptors (Lipinski definition) is 6. The van der Waals surface area contributed by atoms with Crippen molar-refractivity contribution in [1.82, 2.24) is 19.9 Å². The summed E-state index contributed by atoms with van der Waals surface area (Å²) in [5.41, 5.74) is 2.30. The lowest BCUT2D eigenvalue weighted by atomic mass is 10.1. The normalized spacial score (nSPS) is 13.3. The smallest absolute Gasteiger partial charge is 0.260 e. The SMILES string of the molecule is Cc1ncncc1C(=O)Nc1cnc(-c2cc(OC3CC3)ccc2Cl)cn1. The number of nitrogens with zero attached hydrogens (tertiary/aromatic N) is 4. The van der Waals surface area contributed by atoms with Gasteiger partial charge in [-0.05, 0) is 38.0 Å². The number of hydrogen-bond donors (Lipinski definition) is 1. The van der Waals surface area contributed by atoms with Gasteiger partial charge in [-0.25, -0.2) is 15.0 Å². The first-order valence-corrected chi connectivity index (χ1v) is 8.84. The Bertz CT molecular complexity index is 990. The molecule has 2 aromatic heterocycles. The third kappa shape index (κ3) is 4.03. The van der Waals surface area contributed by atoms with Crippen molar-refractivity contribution < 1.29 is 9.53 Å². The van der Waals surface area contributed by atoms with Crippen molar-refractivity contribution in [2.45, 2.75) is 25.9 Å². The molecule has 0 spiro atoms. The van der Waals surface area contributed by atoms with Crippen LogP contribution in [-0.4, -0.2) is 31.9 Å². The van der Waals surface area contributed by atoms with Gasteiger partial charge >= 0.3 is 0 Å². The van der Waals surface area contributed by atoms with E-state index in [0.29, 0.717) is 33.9 Å². The molecule has 1 N–H and O–H groups in total. The number of ether oxygens (including phenoxy) is 1. The average molecular weight is 382 g/mol. The Balaban J connectivity index is 1.52. The predicted octanol–water partition coefficient (Wildman–Crippen LogP) is 3.69. The molecule has 1 fully saturated rings. The number of carbonyl (C=O) groups excluding carboxylic acids is 1. The van der Waals surface area contributed by atoms with Gasteiger partial charge in [-0.1, -0.05) is 11.6 Å². The highest BCUT2D eigenvalue weighted by atomic mass is 35.5. The third-order valence-electron chi connectivity index (χ3n) is 4.09. The topological polar surface area (TPSA) is 89.9 Å². The number of carbonyl (C=O) groups is 1. The van der Waals surface area contributed by atoms with Crippen LogP contribution in [0, 0.1) is 6.92 Å². The Hall–Kier alpha value is -3.06. The van der Waals surface area contributed by atoms with Gasteiger partial charge in [0.25, 0.3) is 5.91 Å². The first kappa shape index (κ1) is 17.4. The average Bonchev–Trinajstić information content (AvgIpc) is 3.48. The molecule has 7 nitrogen and oxygen atoms in total. The van der Waals surface area contributed by atoms with Crippen LogP contribution in [0.4, 0.5) is 5.82 Å². The number of amides is 1. The second-order valence-electron chi connectivity index (χ2n) is 6.22. The van der Waals surface area contributed by atoms with Crippen LogP contribution in [0.5, 0.6) is 5.75 Å². The second-order valence-corrected chi connectivity index (χ2v) is 6.63. The van der Waals surface area contributed by atoms with E-state index in [4.69, 9.17) is 16.3 Å². The molecule has 0 unspecified atom stereocenters. The van der Waals surface area contributed by atoms with Crippen LogP contribution in [0.15, 0.2) is 43.1 Å². The first-order chi connectivity index (χ1) is 13.1. The number of aromatic nitrogens is 4. The van der Waals surface area contributed by atoms with Gasteiger partial charge in [0.1, 0.15) is 12.1 Å². The molecule has 8 heteroatoms. The summed E-state index contributed by atoms with van der Waals surface area (Å²) in [4.78, 5) is 28.8. The minimum absolute atomic E-state index is 0.299. The second kappa shape index (κ2) is 7.28. The van der Waals surface area contributed by atoms with Crippen molar-refractivity contribution in [3.8, 4) is 17.0 Å². The first-order valence-electron chi connectivity index (χ1n) is 8.47. The Kier molecular flexibility index (Phi) is 4.68. The molecule has 3 aromatic rings. The zero-order valence-corrected chi connectivity index (χ0v) is 15.3. The fraction of sp³-hybridized carbons (Fsp3) is 0.211. The summed E-state index contributed by atoms with van der Waals surface area (Å²) >= 11 is 6.30. The van der Waals surface area contributed by atoms with Crippen LogP contribution in [0.2, 0.25) is 5.02 Å². The van der Waals surface area contributed by atoms with Crippen LogP contribution < -0.4 is 10.1 Å². The van der Waals surface area contributed by atoms with E-state index in [1.165, 1.54) is 18.7 Å². The van der Waals surface area contributed by atoms with Crippen molar-refractivity contribution in [3.63, 3.8) is 0 Å². The number of rotatable bonds is 5. The molecule has 1 aliphatic rings. The summed E-state index contributed by atoms with van der Waals surface area (Å²) in [6.07, 6.45) is 8.36. The maximum atomic E-state index is 12.3. The molecule has 0 saturated heterocycles. The molecule has 2 heterocycles. The van der Waals surface area contributed by atoms with E-state index >= 15 is 0 Å². The lowest BCUT2D eigenvalue weighted by Gasteiger charge is -2.09.